The van der Waals surface area contributed by atoms with Gasteiger partial charge in [0, 0.05) is 29.3 Å². The van der Waals surface area contributed by atoms with Gasteiger partial charge in [0.1, 0.15) is 0 Å². The van der Waals surface area contributed by atoms with E-state index < -0.39 is 0 Å². The van der Waals surface area contributed by atoms with Gasteiger partial charge in [-0.3, -0.25) is 0 Å². The van der Waals surface area contributed by atoms with Crippen LogP contribution in [-0.2, 0) is 0 Å². The highest BCUT2D eigenvalue weighted by Gasteiger charge is 2.18. The third-order valence-electron chi connectivity index (χ3n) is 2.40. The fourth-order valence-corrected chi connectivity index (χ4v) is 2.08. The van der Waals surface area contributed by atoms with E-state index >= 15 is 0 Å². The molecule has 1 aromatic rings. The van der Waals surface area contributed by atoms with Gasteiger partial charge in [-0.1, -0.05) is 22.0 Å². The molecule has 0 aromatic heterocycles. The van der Waals surface area contributed by atoms with Crippen LogP contribution in [0.15, 0.2) is 28.7 Å². The van der Waals surface area contributed by atoms with E-state index in [1.165, 1.54) is 5.69 Å². The molecule has 0 amide bonds. The predicted octanol–water partition coefficient (Wildman–Crippen LogP) is 1.99. The lowest BCUT2D eigenvalue weighted by Gasteiger charge is -2.17. The minimum absolute atomic E-state index is 0.346. The average molecular weight is 241 g/mol. The number of halogens is 1. The molecular weight excluding hydrogens is 228 g/mol. The Morgan fingerprint density at radius 2 is 2.31 bits per heavy atom. The van der Waals surface area contributed by atoms with E-state index in [9.17, 15) is 0 Å². The summed E-state index contributed by atoms with van der Waals surface area (Å²) in [4.78, 5) is 2.33. The maximum absolute atomic E-state index is 5.85. The second-order valence-corrected chi connectivity index (χ2v) is 4.39. The zero-order chi connectivity index (χ0) is 9.26. The van der Waals surface area contributed by atoms with E-state index in [1.807, 2.05) is 6.07 Å². The zero-order valence-electron chi connectivity index (χ0n) is 7.41. The minimum atomic E-state index is 0.346. The van der Waals surface area contributed by atoms with Gasteiger partial charge in [-0.05, 0) is 24.6 Å². The zero-order valence-corrected chi connectivity index (χ0v) is 9.00. The molecule has 1 heterocycles. The maximum Gasteiger partial charge on any atom is 0.0378 e. The SMILES string of the molecule is NC1CCN(c2cccc(Br)c2)C1. The number of nitrogens with zero attached hydrogens (tertiary/aromatic N) is 1. The molecule has 0 saturated carbocycles. The van der Waals surface area contributed by atoms with E-state index in [1.54, 1.807) is 0 Å². The predicted molar refractivity (Wildman–Crippen MR) is 58.9 cm³/mol. The van der Waals surface area contributed by atoms with Crippen LogP contribution in [0, 0.1) is 0 Å². The number of hydrogen-bond donors (Lipinski definition) is 1. The fourth-order valence-electron chi connectivity index (χ4n) is 1.69. The quantitative estimate of drug-likeness (QED) is 0.814. The molecule has 0 aliphatic carbocycles. The standard InChI is InChI=1S/C10H13BrN2/c11-8-2-1-3-10(6-8)13-5-4-9(12)7-13/h1-3,6,9H,4-5,7,12H2. The highest BCUT2D eigenvalue weighted by atomic mass is 79.9. The van der Waals surface area contributed by atoms with Gasteiger partial charge in [0.05, 0.1) is 0 Å². The summed E-state index contributed by atoms with van der Waals surface area (Å²) in [5.41, 5.74) is 7.11. The fraction of sp³-hybridized carbons (Fsp3) is 0.400. The summed E-state index contributed by atoms with van der Waals surface area (Å²) in [5.74, 6) is 0. The Balaban J connectivity index is 2.16. The molecule has 1 atom stereocenters. The third kappa shape index (κ3) is 2.03. The molecule has 0 spiro atoms. The van der Waals surface area contributed by atoms with Gasteiger partial charge < -0.3 is 10.6 Å². The first-order valence-corrected chi connectivity index (χ1v) is 5.31. The van der Waals surface area contributed by atoms with Gasteiger partial charge in [-0.15, -0.1) is 0 Å². The van der Waals surface area contributed by atoms with Gasteiger partial charge in [0.2, 0.25) is 0 Å². The summed E-state index contributed by atoms with van der Waals surface area (Å²) in [6.45, 7) is 2.06. The monoisotopic (exact) mass is 240 g/mol. The molecule has 0 radical (unpaired) electrons. The van der Waals surface area contributed by atoms with Crippen molar-refractivity contribution in [3.63, 3.8) is 0 Å². The van der Waals surface area contributed by atoms with Crippen molar-refractivity contribution in [3.8, 4) is 0 Å². The second kappa shape index (κ2) is 3.68. The second-order valence-electron chi connectivity index (χ2n) is 3.47. The lowest BCUT2D eigenvalue weighted by atomic mass is 10.3. The summed E-state index contributed by atoms with van der Waals surface area (Å²) in [6.07, 6.45) is 1.10. The highest BCUT2D eigenvalue weighted by Crippen LogP contribution is 2.22. The molecule has 1 unspecified atom stereocenters. The lowest BCUT2D eigenvalue weighted by molar-refractivity contribution is 0.752. The molecule has 1 aliphatic rings. The van der Waals surface area contributed by atoms with Crippen LogP contribution in [0.25, 0.3) is 0 Å². The van der Waals surface area contributed by atoms with Crippen molar-refractivity contribution in [1.29, 1.82) is 0 Å². The van der Waals surface area contributed by atoms with E-state index in [-0.39, 0.29) is 0 Å². The van der Waals surface area contributed by atoms with Gasteiger partial charge in [0.25, 0.3) is 0 Å². The van der Waals surface area contributed by atoms with Crippen LogP contribution in [0.1, 0.15) is 6.42 Å². The van der Waals surface area contributed by atoms with Crippen molar-refractivity contribution in [2.45, 2.75) is 12.5 Å². The summed E-state index contributed by atoms with van der Waals surface area (Å²) >= 11 is 3.47. The summed E-state index contributed by atoms with van der Waals surface area (Å²) < 4.78 is 1.13. The van der Waals surface area contributed by atoms with Gasteiger partial charge >= 0.3 is 0 Å². The molecular formula is C10H13BrN2. The molecule has 70 valence electrons. The van der Waals surface area contributed by atoms with Crippen molar-refractivity contribution >= 4 is 21.6 Å². The third-order valence-corrected chi connectivity index (χ3v) is 2.89. The van der Waals surface area contributed by atoms with Gasteiger partial charge in [-0.2, -0.15) is 0 Å². The smallest absolute Gasteiger partial charge is 0.0378 e. The van der Waals surface area contributed by atoms with Crippen molar-refractivity contribution in [1.82, 2.24) is 0 Å². The van der Waals surface area contributed by atoms with E-state index in [0.717, 1.165) is 24.0 Å². The van der Waals surface area contributed by atoms with Crippen LogP contribution >= 0.6 is 15.9 Å². The molecule has 1 fully saturated rings. The number of benzene rings is 1. The van der Waals surface area contributed by atoms with Crippen LogP contribution in [-0.4, -0.2) is 19.1 Å². The van der Waals surface area contributed by atoms with Crippen LogP contribution in [0.4, 0.5) is 5.69 Å². The topological polar surface area (TPSA) is 29.3 Å². The molecule has 2 rings (SSSR count). The number of hydrogen-bond acceptors (Lipinski definition) is 2. The first kappa shape index (κ1) is 9.03. The Labute approximate surface area is 86.9 Å². The largest absolute Gasteiger partial charge is 0.370 e. The van der Waals surface area contributed by atoms with Crippen molar-refractivity contribution in [3.05, 3.63) is 28.7 Å². The van der Waals surface area contributed by atoms with Gasteiger partial charge in [-0.25, -0.2) is 0 Å². The molecule has 1 saturated heterocycles. The molecule has 0 bridgehead atoms. The van der Waals surface area contributed by atoms with Crippen LogP contribution in [0.2, 0.25) is 0 Å². The summed E-state index contributed by atoms with van der Waals surface area (Å²) in [5, 5.41) is 0. The van der Waals surface area contributed by atoms with Crippen LogP contribution in [0.5, 0.6) is 0 Å². The van der Waals surface area contributed by atoms with E-state index in [2.05, 4.69) is 39.0 Å². The summed E-state index contributed by atoms with van der Waals surface area (Å²) in [6, 6.07) is 8.71. The Kier molecular flexibility index (Phi) is 2.56. The normalized spacial score (nSPS) is 22.3. The number of rotatable bonds is 1. The van der Waals surface area contributed by atoms with Crippen LogP contribution in [0.3, 0.4) is 0 Å². The van der Waals surface area contributed by atoms with E-state index in [4.69, 9.17) is 5.73 Å². The van der Waals surface area contributed by atoms with Crippen molar-refractivity contribution in [2.75, 3.05) is 18.0 Å². The van der Waals surface area contributed by atoms with Crippen LogP contribution < -0.4 is 10.6 Å². The Morgan fingerprint density at radius 1 is 1.46 bits per heavy atom. The maximum atomic E-state index is 5.85. The lowest BCUT2D eigenvalue weighted by Crippen LogP contribution is -2.26. The average Bonchev–Trinajstić information content (AvgIpc) is 2.52. The molecule has 13 heavy (non-hydrogen) atoms. The van der Waals surface area contributed by atoms with Crippen molar-refractivity contribution < 1.29 is 0 Å². The van der Waals surface area contributed by atoms with Crippen molar-refractivity contribution in [2.24, 2.45) is 5.73 Å². The van der Waals surface area contributed by atoms with E-state index in [0.29, 0.717) is 6.04 Å². The minimum Gasteiger partial charge on any atom is -0.370 e. The molecule has 2 nitrogen and oxygen atoms in total. The first-order valence-electron chi connectivity index (χ1n) is 4.52. The number of nitrogens with two attached hydrogens (primary N) is 1. The Bertz CT molecular complexity index is 301. The Morgan fingerprint density at radius 3 is 2.92 bits per heavy atom. The molecule has 1 aromatic carbocycles. The molecule has 3 heteroatoms. The molecule has 2 N–H and O–H groups in total. The first-order chi connectivity index (χ1) is 6.25. The van der Waals surface area contributed by atoms with Gasteiger partial charge in [0.15, 0.2) is 0 Å². The summed E-state index contributed by atoms with van der Waals surface area (Å²) in [7, 11) is 0. The Hall–Kier alpha value is -0.540. The molecule has 1 aliphatic heterocycles. The number of anilines is 1. The highest BCUT2D eigenvalue weighted by molar-refractivity contribution is 9.10.